The van der Waals surface area contributed by atoms with Gasteiger partial charge in [-0.15, -0.1) is 0 Å². The molecule has 0 aliphatic carbocycles. The molecule has 0 N–H and O–H groups in total. The zero-order valence-corrected chi connectivity index (χ0v) is 7.73. The molecule has 0 aliphatic heterocycles. The van der Waals surface area contributed by atoms with Crippen molar-refractivity contribution in [2.75, 3.05) is 0 Å². The van der Waals surface area contributed by atoms with Crippen molar-refractivity contribution in [2.45, 2.75) is 45.4 Å². The number of rotatable bonds is 6. The molecule has 0 fully saturated rings. The highest BCUT2D eigenvalue weighted by Crippen LogP contribution is 2.03. The average Bonchev–Trinajstić information content (AvgIpc) is 1.97. The van der Waals surface area contributed by atoms with Gasteiger partial charge in [-0.05, 0) is 18.6 Å². The Morgan fingerprint density at radius 3 is 2.50 bits per heavy atom. The summed E-state index contributed by atoms with van der Waals surface area (Å²) in [6, 6.07) is 0. The predicted molar refractivity (Wildman–Crippen MR) is 48.4 cm³/mol. The second-order valence-electron chi connectivity index (χ2n) is 2.52. The SMILES string of the molecule is CCCCCCCC=[PH]=O. The van der Waals surface area contributed by atoms with E-state index in [1.165, 1.54) is 32.1 Å². The largest absolute Gasteiger partial charge is 0.286 e. The summed E-state index contributed by atoms with van der Waals surface area (Å²) in [5.74, 6) is 1.85. The average molecular weight is 160 g/mol. The summed E-state index contributed by atoms with van der Waals surface area (Å²) >= 11 is 0. The van der Waals surface area contributed by atoms with Crippen LogP contribution in [-0.4, -0.2) is 5.80 Å². The molecule has 0 radical (unpaired) electrons. The van der Waals surface area contributed by atoms with Crippen LogP contribution in [0.3, 0.4) is 0 Å². The van der Waals surface area contributed by atoms with E-state index < -0.39 is 0 Å². The van der Waals surface area contributed by atoms with Crippen LogP contribution in [0.25, 0.3) is 0 Å². The van der Waals surface area contributed by atoms with E-state index in [1.54, 1.807) is 0 Å². The van der Waals surface area contributed by atoms with Crippen molar-refractivity contribution < 1.29 is 4.57 Å². The molecule has 10 heavy (non-hydrogen) atoms. The summed E-state index contributed by atoms with van der Waals surface area (Å²) in [4.78, 5) is 0. The number of hydrogen-bond acceptors (Lipinski definition) is 1. The van der Waals surface area contributed by atoms with E-state index in [0.29, 0.717) is 0 Å². The molecule has 0 amide bonds. The van der Waals surface area contributed by atoms with E-state index in [2.05, 4.69) is 6.92 Å². The first-order valence-corrected chi connectivity index (χ1v) is 5.09. The Morgan fingerprint density at radius 2 is 1.90 bits per heavy atom. The molecule has 0 rings (SSSR count). The smallest absolute Gasteiger partial charge is 0.0787 e. The molecule has 0 saturated heterocycles. The van der Waals surface area contributed by atoms with E-state index >= 15 is 0 Å². The molecule has 0 aromatic carbocycles. The zero-order valence-electron chi connectivity index (χ0n) is 6.73. The van der Waals surface area contributed by atoms with Crippen LogP contribution in [-0.2, 0) is 4.57 Å². The lowest BCUT2D eigenvalue weighted by molar-refractivity contribution is 0.605. The zero-order chi connectivity index (χ0) is 7.66. The first-order valence-electron chi connectivity index (χ1n) is 4.11. The Kier molecular flexibility index (Phi) is 8.94. The highest BCUT2D eigenvalue weighted by Gasteiger charge is 1.85. The van der Waals surface area contributed by atoms with Crippen LogP contribution in [0.5, 0.6) is 0 Å². The number of unbranched alkanes of at least 4 members (excludes halogenated alkanes) is 5. The molecule has 0 spiro atoms. The summed E-state index contributed by atoms with van der Waals surface area (Å²) in [6.45, 7) is 2.21. The number of hydrogen-bond donors (Lipinski definition) is 0. The highest BCUT2D eigenvalue weighted by molar-refractivity contribution is 7.24. The van der Waals surface area contributed by atoms with Gasteiger partial charge < -0.3 is 0 Å². The van der Waals surface area contributed by atoms with Gasteiger partial charge in [0.1, 0.15) is 0 Å². The van der Waals surface area contributed by atoms with Crippen molar-refractivity contribution in [1.29, 1.82) is 0 Å². The van der Waals surface area contributed by atoms with Crippen molar-refractivity contribution in [3.8, 4) is 0 Å². The molecule has 60 valence electrons. The third-order valence-corrected chi connectivity index (χ3v) is 1.99. The Bertz CT molecular complexity index is 106. The second kappa shape index (κ2) is 8.97. The van der Waals surface area contributed by atoms with Gasteiger partial charge in [0.15, 0.2) is 0 Å². The lowest BCUT2D eigenvalue weighted by Crippen LogP contribution is -1.77. The summed E-state index contributed by atoms with van der Waals surface area (Å²) in [5.41, 5.74) is 0. The molecule has 0 heterocycles. The van der Waals surface area contributed by atoms with Crippen LogP contribution in [0.4, 0.5) is 0 Å². The van der Waals surface area contributed by atoms with Crippen LogP contribution < -0.4 is 0 Å². The maximum atomic E-state index is 9.99. The Morgan fingerprint density at radius 1 is 1.20 bits per heavy atom. The van der Waals surface area contributed by atoms with Crippen LogP contribution in [0.15, 0.2) is 0 Å². The molecule has 1 nitrogen and oxygen atoms in total. The quantitative estimate of drug-likeness (QED) is 0.431. The standard InChI is InChI=1S/C8H17OP/c1-2-3-4-5-6-7-8-10-9/h8,10H,2-7H2,1H3. The Balaban J connectivity index is 2.83. The topological polar surface area (TPSA) is 17.1 Å². The molecular formula is C8H17OP. The summed E-state index contributed by atoms with van der Waals surface area (Å²) in [5, 5.41) is 0. The minimum absolute atomic E-state index is 0.205. The van der Waals surface area contributed by atoms with Crippen molar-refractivity contribution in [3.63, 3.8) is 0 Å². The van der Waals surface area contributed by atoms with Gasteiger partial charge in [0, 0.05) is 0 Å². The fraction of sp³-hybridized carbons (Fsp3) is 0.875. The van der Waals surface area contributed by atoms with Gasteiger partial charge in [-0.1, -0.05) is 32.6 Å². The van der Waals surface area contributed by atoms with E-state index in [9.17, 15) is 4.57 Å². The lowest BCUT2D eigenvalue weighted by atomic mass is 10.1. The fourth-order valence-electron chi connectivity index (χ4n) is 0.909. The molecule has 1 atom stereocenters. The minimum Gasteiger partial charge on any atom is -0.286 e. The van der Waals surface area contributed by atoms with Gasteiger partial charge in [0.2, 0.25) is 0 Å². The van der Waals surface area contributed by atoms with Gasteiger partial charge in [-0.25, -0.2) is 0 Å². The third kappa shape index (κ3) is 7.97. The molecule has 0 saturated carbocycles. The van der Waals surface area contributed by atoms with Gasteiger partial charge >= 0.3 is 0 Å². The van der Waals surface area contributed by atoms with Crippen LogP contribution >= 0.6 is 8.08 Å². The lowest BCUT2D eigenvalue weighted by Gasteiger charge is -1.94. The van der Waals surface area contributed by atoms with Crippen molar-refractivity contribution >= 4 is 13.9 Å². The molecule has 0 aromatic rings. The molecule has 0 aromatic heterocycles. The summed E-state index contributed by atoms with van der Waals surface area (Å²) in [6.07, 6.45) is 7.54. The second-order valence-corrected chi connectivity index (χ2v) is 3.17. The molecule has 2 heteroatoms. The Hall–Kier alpha value is -0.0300. The highest BCUT2D eigenvalue weighted by atomic mass is 31.0. The van der Waals surface area contributed by atoms with Crippen molar-refractivity contribution in [1.82, 2.24) is 0 Å². The first-order chi connectivity index (χ1) is 4.91. The maximum Gasteiger partial charge on any atom is 0.0787 e. The van der Waals surface area contributed by atoms with Gasteiger partial charge in [-0.3, -0.25) is 4.57 Å². The monoisotopic (exact) mass is 160 g/mol. The molecular weight excluding hydrogens is 143 g/mol. The maximum absolute atomic E-state index is 9.99. The van der Waals surface area contributed by atoms with Gasteiger partial charge in [0.25, 0.3) is 0 Å². The van der Waals surface area contributed by atoms with Gasteiger partial charge in [0.05, 0.1) is 8.08 Å². The van der Waals surface area contributed by atoms with Gasteiger partial charge in [-0.2, -0.15) is 0 Å². The molecule has 1 unspecified atom stereocenters. The summed E-state index contributed by atoms with van der Waals surface area (Å²) < 4.78 is 9.99. The third-order valence-electron chi connectivity index (χ3n) is 1.54. The van der Waals surface area contributed by atoms with Crippen molar-refractivity contribution in [2.24, 2.45) is 0 Å². The van der Waals surface area contributed by atoms with E-state index in [1.807, 2.05) is 5.80 Å². The van der Waals surface area contributed by atoms with Crippen LogP contribution in [0.1, 0.15) is 45.4 Å². The fourth-order valence-corrected chi connectivity index (χ4v) is 1.23. The van der Waals surface area contributed by atoms with Crippen LogP contribution in [0.2, 0.25) is 0 Å². The predicted octanol–water partition coefficient (Wildman–Crippen LogP) is 3.17. The Labute approximate surface area is 64.7 Å². The normalized spacial score (nSPS) is 10.1. The molecule has 0 bridgehead atoms. The minimum atomic E-state index is -0.205. The first kappa shape index (κ1) is 9.97. The van der Waals surface area contributed by atoms with Crippen LogP contribution in [0, 0.1) is 0 Å². The van der Waals surface area contributed by atoms with E-state index in [4.69, 9.17) is 0 Å². The van der Waals surface area contributed by atoms with Crippen molar-refractivity contribution in [3.05, 3.63) is 0 Å². The summed E-state index contributed by atoms with van der Waals surface area (Å²) in [7, 11) is -0.205. The molecule has 0 aliphatic rings. The van der Waals surface area contributed by atoms with E-state index in [0.717, 1.165) is 6.42 Å². The van der Waals surface area contributed by atoms with E-state index in [-0.39, 0.29) is 8.08 Å².